The topological polar surface area (TPSA) is 116 Å². The van der Waals surface area contributed by atoms with Gasteiger partial charge in [-0.3, -0.25) is 0 Å². The lowest BCUT2D eigenvalue weighted by Crippen LogP contribution is -2.61. The average Bonchev–Trinajstić information content (AvgIpc) is 2.57. The van der Waals surface area contributed by atoms with Gasteiger partial charge in [-0.15, -0.1) is 0 Å². The van der Waals surface area contributed by atoms with Gasteiger partial charge in [-0.2, -0.15) is 0 Å². The van der Waals surface area contributed by atoms with E-state index in [1.54, 1.807) is 18.2 Å². The number of carbonyl (C=O) groups is 1. The van der Waals surface area contributed by atoms with Crippen molar-refractivity contribution in [3.63, 3.8) is 0 Å². The lowest BCUT2D eigenvalue weighted by Gasteiger charge is -2.38. The number of carboxylic acid groups (broad SMARTS) is 1. The van der Waals surface area contributed by atoms with Gasteiger partial charge in [-0.25, -0.2) is 9.18 Å². The molecule has 1 heterocycles. The number of halogens is 1. The zero-order valence-electron chi connectivity index (χ0n) is 12.2. The summed E-state index contributed by atoms with van der Waals surface area (Å²) >= 11 is 0. The van der Waals surface area contributed by atoms with Crippen LogP contribution in [-0.4, -0.2) is 57.1 Å². The van der Waals surface area contributed by atoms with Gasteiger partial charge in [0.25, 0.3) is 0 Å². The standard InChI is InChI=1S/C16H15FO7/c17-9-5-6-10(8-4-2-1-3-7(8)9)23-16-13(20)11(18)12(19)14(24-16)15(21)22/h1-6,11-14,16,18-20H,(H,21,22). The molecular formula is C16H15FO7. The van der Waals surface area contributed by atoms with Crippen molar-refractivity contribution in [3.05, 3.63) is 42.2 Å². The monoisotopic (exact) mass is 338 g/mol. The Hall–Kier alpha value is -2.26. The largest absolute Gasteiger partial charge is 0.479 e. The van der Waals surface area contributed by atoms with Crippen molar-refractivity contribution in [3.8, 4) is 5.75 Å². The van der Waals surface area contributed by atoms with Crippen molar-refractivity contribution in [1.29, 1.82) is 0 Å². The Morgan fingerprint density at radius 2 is 1.67 bits per heavy atom. The average molecular weight is 338 g/mol. The molecule has 0 saturated carbocycles. The Morgan fingerprint density at radius 1 is 1.00 bits per heavy atom. The Kier molecular flexibility index (Phi) is 4.37. The molecule has 2 aromatic rings. The highest BCUT2D eigenvalue weighted by molar-refractivity contribution is 5.88. The highest BCUT2D eigenvalue weighted by Crippen LogP contribution is 2.31. The predicted molar refractivity (Wildman–Crippen MR) is 78.9 cm³/mol. The van der Waals surface area contributed by atoms with Crippen molar-refractivity contribution in [2.24, 2.45) is 0 Å². The maximum absolute atomic E-state index is 13.8. The number of aliphatic carboxylic acids is 1. The van der Waals surface area contributed by atoms with Crippen molar-refractivity contribution >= 4 is 16.7 Å². The lowest BCUT2D eigenvalue weighted by atomic mass is 9.99. The van der Waals surface area contributed by atoms with E-state index in [0.717, 1.165) is 6.07 Å². The molecule has 1 saturated heterocycles. The molecule has 1 aliphatic rings. The van der Waals surface area contributed by atoms with Gasteiger partial charge in [0.2, 0.25) is 6.29 Å². The maximum Gasteiger partial charge on any atom is 0.335 e. The Morgan fingerprint density at radius 3 is 2.33 bits per heavy atom. The summed E-state index contributed by atoms with van der Waals surface area (Å²) < 4.78 is 24.3. The minimum Gasteiger partial charge on any atom is -0.479 e. The smallest absolute Gasteiger partial charge is 0.335 e. The molecule has 3 rings (SSSR count). The third-order valence-corrected chi connectivity index (χ3v) is 3.89. The summed E-state index contributed by atoms with van der Waals surface area (Å²) in [5, 5.41) is 39.1. The molecule has 0 spiro atoms. The number of hydrogen-bond donors (Lipinski definition) is 4. The fourth-order valence-electron chi connectivity index (χ4n) is 2.61. The van der Waals surface area contributed by atoms with E-state index < -0.39 is 42.5 Å². The number of ether oxygens (including phenoxy) is 2. The second kappa shape index (κ2) is 6.33. The SMILES string of the molecule is O=C(O)C1OC(Oc2ccc(F)c3ccccc23)C(O)C(O)C1O. The van der Waals surface area contributed by atoms with Gasteiger partial charge in [0, 0.05) is 10.8 Å². The number of hydrogen-bond acceptors (Lipinski definition) is 6. The van der Waals surface area contributed by atoms with Crippen molar-refractivity contribution in [1.82, 2.24) is 0 Å². The summed E-state index contributed by atoms with van der Waals surface area (Å²) in [5.41, 5.74) is 0. The molecule has 1 fully saturated rings. The van der Waals surface area contributed by atoms with E-state index in [4.69, 9.17) is 14.6 Å². The predicted octanol–water partition coefficient (Wildman–Crippen LogP) is 0.250. The first-order valence-corrected chi connectivity index (χ1v) is 7.16. The molecule has 5 atom stereocenters. The van der Waals surface area contributed by atoms with E-state index in [0.29, 0.717) is 5.39 Å². The Bertz CT molecular complexity index is 765. The van der Waals surface area contributed by atoms with E-state index in [-0.39, 0.29) is 11.1 Å². The Labute approximate surface area is 135 Å². The van der Waals surface area contributed by atoms with Crippen molar-refractivity contribution < 1.29 is 39.1 Å². The third kappa shape index (κ3) is 2.80. The number of fused-ring (bicyclic) bond motifs is 1. The fraction of sp³-hybridized carbons (Fsp3) is 0.312. The molecule has 0 radical (unpaired) electrons. The van der Waals surface area contributed by atoms with E-state index >= 15 is 0 Å². The van der Waals surface area contributed by atoms with Gasteiger partial charge in [0.05, 0.1) is 0 Å². The highest BCUT2D eigenvalue weighted by Gasteiger charge is 2.48. The molecule has 4 N–H and O–H groups in total. The first-order valence-electron chi connectivity index (χ1n) is 7.16. The van der Waals surface area contributed by atoms with Crippen LogP contribution in [0.25, 0.3) is 10.8 Å². The van der Waals surface area contributed by atoms with E-state index in [9.17, 15) is 24.5 Å². The normalized spacial score (nSPS) is 30.2. The number of aliphatic hydroxyl groups excluding tert-OH is 3. The molecule has 8 heteroatoms. The van der Waals surface area contributed by atoms with Crippen LogP contribution in [0.5, 0.6) is 5.75 Å². The van der Waals surface area contributed by atoms with Crippen LogP contribution in [0.2, 0.25) is 0 Å². The summed E-state index contributed by atoms with van der Waals surface area (Å²) in [6.45, 7) is 0. The van der Waals surface area contributed by atoms with Gasteiger partial charge in [-0.05, 0) is 12.1 Å². The van der Waals surface area contributed by atoms with Crippen LogP contribution in [-0.2, 0) is 9.53 Å². The van der Waals surface area contributed by atoms with Gasteiger partial charge >= 0.3 is 5.97 Å². The third-order valence-electron chi connectivity index (χ3n) is 3.89. The van der Waals surface area contributed by atoms with Crippen LogP contribution in [0.3, 0.4) is 0 Å². The molecule has 0 bridgehead atoms. The minimum absolute atomic E-state index is 0.142. The zero-order valence-corrected chi connectivity index (χ0v) is 12.2. The summed E-state index contributed by atoms with van der Waals surface area (Å²) in [5.74, 6) is -1.84. The van der Waals surface area contributed by atoms with Crippen LogP contribution >= 0.6 is 0 Å². The van der Waals surface area contributed by atoms with Crippen LogP contribution < -0.4 is 4.74 Å². The second-order valence-electron chi connectivity index (χ2n) is 5.44. The first-order chi connectivity index (χ1) is 11.4. The summed E-state index contributed by atoms with van der Waals surface area (Å²) in [6.07, 6.45) is -8.56. The number of aliphatic hydroxyl groups is 3. The molecule has 0 aliphatic carbocycles. The number of benzene rings is 2. The van der Waals surface area contributed by atoms with Gasteiger partial charge in [0.1, 0.15) is 29.9 Å². The first kappa shape index (κ1) is 16.6. The van der Waals surface area contributed by atoms with E-state index in [1.165, 1.54) is 12.1 Å². The number of rotatable bonds is 3. The van der Waals surface area contributed by atoms with Gasteiger partial charge in [0.15, 0.2) is 6.10 Å². The number of carboxylic acids is 1. The molecule has 0 aromatic heterocycles. The summed E-state index contributed by atoms with van der Waals surface area (Å²) in [7, 11) is 0. The molecule has 5 unspecified atom stereocenters. The van der Waals surface area contributed by atoms with Gasteiger partial charge in [-0.1, -0.05) is 24.3 Å². The molecular weight excluding hydrogens is 323 g/mol. The molecule has 24 heavy (non-hydrogen) atoms. The van der Waals surface area contributed by atoms with E-state index in [1.807, 2.05) is 0 Å². The fourth-order valence-corrected chi connectivity index (χ4v) is 2.61. The molecule has 2 aromatic carbocycles. The molecule has 7 nitrogen and oxygen atoms in total. The van der Waals surface area contributed by atoms with Gasteiger partial charge < -0.3 is 29.9 Å². The van der Waals surface area contributed by atoms with Crippen LogP contribution in [0.4, 0.5) is 4.39 Å². The quantitative estimate of drug-likeness (QED) is 0.634. The Balaban J connectivity index is 1.93. The van der Waals surface area contributed by atoms with E-state index in [2.05, 4.69) is 0 Å². The summed E-state index contributed by atoms with van der Waals surface area (Å²) in [6, 6.07) is 8.89. The minimum atomic E-state index is -1.80. The highest BCUT2D eigenvalue weighted by atomic mass is 19.1. The van der Waals surface area contributed by atoms with Crippen LogP contribution in [0.1, 0.15) is 0 Å². The van der Waals surface area contributed by atoms with Crippen LogP contribution in [0.15, 0.2) is 36.4 Å². The maximum atomic E-state index is 13.8. The summed E-state index contributed by atoms with van der Waals surface area (Å²) in [4.78, 5) is 11.1. The molecule has 1 aliphatic heterocycles. The molecule has 0 amide bonds. The van der Waals surface area contributed by atoms with Crippen molar-refractivity contribution in [2.75, 3.05) is 0 Å². The second-order valence-corrected chi connectivity index (χ2v) is 5.44. The molecule has 128 valence electrons. The van der Waals surface area contributed by atoms with Crippen LogP contribution in [0, 0.1) is 5.82 Å². The zero-order chi connectivity index (χ0) is 17.4. The lowest BCUT2D eigenvalue weighted by molar-refractivity contribution is -0.270. The van der Waals surface area contributed by atoms with Crippen molar-refractivity contribution in [2.45, 2.75) is 30.7 Å².